The Morgan fingerprint density at radius 1 is 1.13 bits per heavy atom. The van der Waals surface area contributed by atoms with E-state index in [1.165, 1.54) is 24.0 Å². The Morgan fingerprint density at radius 2 is 1.90 bits per heavy atom. The molecule has 0 saturated carbocycles. The Balaban J connectivity index is 1.65. The van der Waals surface area contributed by atoms with Crippen molar-refractivity contribution >= 4 is 0 Å². The van der Waals surface area contributed by atoms with E-state index in [4.69, 9.17) is 9.47 Å². The predicted molar refractivity (Wildman–Crippen MR) is 122 cm³/mol. The van der Waals surface area contributed by atoms with Gasteiger partial charge >= 0.3 is 0 Å². The minimum atomic E-state index is 0.529. The maximum Gasteiger partial charge on any atom is 0.124 e. The van der Waals surface area contributed by atoms with Gasteiger partial charge in [-0.3, -0.25) is 9.88 Å². The highest BCUT2D eigenvalue weighted by Crippen LogP contribution is 2.24. The zero-order chi connectivity index (χ0) is 21.0. The average molecular weight is 410 g/mol. The first-order valence-corrected chi connectivity index (χ1v) is 10.9. The van der Waals surface area contributed by atoms with Gasteiger partial charge in [0.15, 0.2) is 0 Å². The molecule has 0 N–H and O–H groups in total. The molecule has 3 rings (SSSR count). The summed E-state index contributed by atoms with van der Waals surface area (Å²) < 4.78 is 11.1. The van der Waals surface area contributed by atoms with Crippen LogP contribution >= 0.6 is 0 Å². The SMILES string of the molecule is C=CCOc1ccccc1CN(Cc1ccncc1)CC1CCN(CCOC)CC1. The number of aromatic nitrogens is 1. The van der Waals surface area contributed by atoms with Crippen LogP contribution in [0.25, 0.3) is 0 Å². The largest absolute Gasteiger partial charge is 0.489 e. The lowest BCUT2D eigenvalue weighted by Gasteiger charge is -2.35. The average Bonchev–Trinajstić information content (AvgIpc) is 2.79. The summed E-state index contributed by atoms with van der Waals surface area (Å²) in [5.74, 6) is 1.67. The van der Waals surface area contributed by atoms with E-state index >= 15 is 0 Å². The van der Waals surface area contributed by atoms with Gasteiger partial charge in [-0.05, 0) is 55.6 Å². The van der Waals surface area contributed by atoms with Crippen molar-refractivity contribution in [1.82, 2.24) is 14.8 Å². The molecule has 0 atom stereocenters. The maximum absolute atomic E-state index is 5.91. The summed E-state index contributed by atoms with van der Waals surface area (Å²) in [6, 6.07) is 12.6. The van der Waals surface area contributed by atoms with Crippen LogP contribution in [0.1, 0.15) is 24.0 Å². The highest BCUT2D eigenvalue weighted by molar-refractivity contribution is 5.33. The lowest BCUT2D eigenvalue weighted by atomic mass is 9.95. The van der Waals surface area contributed by atoms with Gasteiger partial charge in [0.2, 0.25) is 0 Å². The summed E-state index contributed by atoms with van der Waals surface area (Å²) in [7, 11) is 1.78. The van der Waals surface area contributed by atoms with Crippen molar-refractivity contribution in [3.05, 3.63) is 72.6 Å². The van der Waals surface area contributed by atoms with Crippen molar-refractivity contribution in [2.75, 3.05) is 46.5 Å². The van der Waals surface area contributed by atoms with Crippen LogP contribution in [0.5, 0.6) is 5.75 Å². The monoisotopic (exact) mass is 409 g/mol. The molecule has 0 radical (unpaired) electrons. The zero-order valence-electron chi connectivity index (χ0n) is 18.2. The Morgan fingerprint density at radius 3 is 2.63 bits per heavy atom. The van der Waals surface area contributed by atoms with E-state index in [-0.39, 0.29) is 0 Å². The molecule has 0 bridgehead atoms. The fourth-order valence-corrected chi connectivity index (χ4v) is 4.07. The number of para-hydroxylation sites is 1. The Bertz CT molecular complexity index is 745. The molecular weight excluding hydrogens is 374 g/mol. The van der Waals surface area contributed by atoms with Gasteiger partial charge in [-0.2, -0.15) is 0 Å². The number of rotatable bonds is 12. The first-order chi connectivity index (χ1) is 14.8. The fraction of sp³-hybridized carbons (Fsp3) is 0.480. The topological polar surface area (TPSA) is 37.8 Å². The number of nitrogens with zero attached hydrogens (tertiary/aromatic N) is 3. The predicted octanol–water partition coefficient (Wildman–Crippen LogP) is 4.01. The molecule has 0 unspecified atom stereocenters. The quantitative estimate of drug-likeness (QED) is 0.495. The second kappa shape index (κ2) is 12.5. The molecule has 2 aromatic rings. The molecule has 1 aliphatic rings. The number of pyridine rings is 1. The number of likely N-dealkylation sites (tertiary alicyclic amines) is 1. The van der Waals surface area contributed by atoms with Gasteiger partial charge in [-0.25, -0.2) is 0 Å². The molecular formula is C25H35N3O2. The number of piperidine rings is 1. The Hall–Kier alpha value is -2.21. The molecule has 30 heavy (non-hydrogen) atoms. The second-order valence-corrected chi connectivity index (χ2v) is 8.01. The van der Waals surface area contributed by atoms with Gasteiger partial charge in [0, 0.05) is 51.2 Å². The van der Waals surface area contributed by atoms with Crippen LogP contribution in [0.4, 0.5) is 0 Å². The third-order valence-corrected chi connectivity index (χ3v) is 5.71. The van der Waals surface area contributed by atoms with E-state index in [1.54, 1.807) is 13.2 Å². The Labute approximate surface area is 181 Å². The second-order valence-electron chi connectivity index (χ2n) is 8.01. The molecule has 1 saturated heterocycles. The number of benzene rings is 1. The van der Waals surface area contributed by atoms with Gasteiger partial charge in [-0.15, -0.1) is 0 Å². The third kappa shape index (κ3) is 7.24. The number of hydrogen-bond acceptors (Lipinski definition) is 5. The van der Waals surface area contributed by atoms with E-state index in [0.29, 0.717) is 12.5 Å². The summed E-state index contributed by atoms with van der Waals surface area (Å²) in [6.07, 6.45) is 8.03. The molecule has 2 heterocycles. The maximum atomic E-state index is 5.91. The molecule has 0 spiro atoms. The van der Waals surface area contributed by atoms with Crippen LogP contribution in [0.15, 0.2) is 61.4 Å². The minimum Gasteiger partial charge on any atom is -0.489 e. The molecule has 1 fully saturated rings. The molecule has 0 amide bonds. The molecule has 1 aromatic heterocycles. The molecule has 5 nitrogen and oxygen atoms in total. The van der Waals surface area contributed by atoms with Crippen LogP contribution in [-0.2, 0) is 17.8 Å². The van der Waals surface area contributed by atoms with Gasteiger partial charge in [-0.1, -0.05) is 30.9 Å². The summed E-state index contributed by atoms with van der Waals surface area (Å²) in [5, 5.41) is 0. The third-order valence-electron chi connectivity index (χ3n) is 5.71. The van der Waals surface area contributed by atoms with Crippen molar-refractivity contribution in [1.29, 1.82) is 0 Å². The van der Waals surface area contributed by atoms with Gasteiger partial charge in [0.25, 0.3) is 0 Å². The standard InChI is InChI=1S/C25H35N3O2/c1-3-17-30-25-7-5-4-6-24(25)21-28(19-22-8-12-26-13-9-22)20-23-10-14-27(15-11-23)16-18-29-2/h3-9,12-13,23H,1,10-11,14-21H2,2H3. The fourth-order valence-electron chi connectivity index (χ4n) is 4.07. The van der Waals surface area contributed by atoms with Crippen LogP contribution in [0.2, 0.25) is 0 Å². The van der Waals surface area contributed by atoms with E-state index in [9.17, 15) is 0 Å². The number of methoxy groups -OCH3 is 1. The van der Waals surface area contributed by atoms with Crippen LogP contribution in [0.3, 0.4) is 0 Å². The van der Waals surface area contributed by atoms with E-state index in [1.807, 2.05) is 18.5 Å². The van der Waals surface area contributed by atoms with Crippen molar-refractivity contribution in [3.63, 3.8) is 0 Å². The van der Waals surface area contributed by atoms with Crippen molar-refractivity contribution in [2.24, 2.45) is 5.92 Å². The molecule has 1 aliphatic heterocycles. The molecule has 162 valence electrons. The van der Waals surface area contributed by atoms with Gasteiger partial charge < -0.3 is 14.4 Å². The van der Waals surface area contributed by atoms with Gasteiger partial charge in [0.05, 0.1) is 6.61 Å². The lowest BCUT2D eigenvalue weighted by Crippen LogP contribution is -2.39. The Kier molecular flexibility index (Phi) is 9.35. The molecule has 1 aromatic carbocycles. The highest BCUT2D eigenvalue weighted by Gasteiger charge is 2.22. The summed E-state index contributed by atoms with van der Waals surface area (Å²) in [4.78, 5) is 9.25. The summed E-state index contributed by atoms with van der Waals surface area (Å²) >= 11 is 0. The smallest absolute Gasteiger partial charge is 0.124 e. The molecule has 5 heteroatoms. The normalized spacial score (nSPS) is 15.4. The first kappa shape index (κ1) is 22.5. The van der Waals surface area contributed by atoms with E-state index in [0.717, 1.165) is 51.6 Å². The minimum absolute atomic E-state index is 0.529. The van der Waals surface area contributed by atoms with Crippen molar-refractivity contribution < 1.29 is 9.47 Å². The summed E-state index contributed by atoms with van der Waals surface area (Å²) in [6.45, 7) is 11.4. The highest BCUT2D eigenvalue weighted by atomic mass is 16.5. The van der Waals surface area contributed by atoms with E-state index in [2.05, 4.69) is 51.7 Å². The summed E-state index contributed by atoms with van der Waals surface area (Å²) in [5.41, 5.74) is 2.53. The lowest BCUT2D eigenvalue weighted by molar-refractivity contribution is 0.103. The zero-order valence-corrected chi connectivity index (χ0v) is 18.2. The first-order valence-electron chi connectivity index (χ1n) is 10.9. The van der Waals surface area contributed by atoms with Crippen molar-refractivity contribution in [3.8, 4) is 5.75 Å². The van der Waals surface area contributed by atoms with Crippen LogP contribution in [-0.4, -0.2) is 61.3 Å². The van der Waals surface area contributed by atoms with Crippen LogP contribution < -0.4 is 4.74 Å². The number of hydrogen-bond donors (Lipinski definition) is 0. The van der Waals surface area contributed by atoms with Gasteiger partial charge in [0.1, 0.15) is 12.4 Å². The van der Waals surface area contributed by atoms with Crippen LogP contribution in [0, 0.1) is 5.92 Å². The van der Waals surface area contributed by atoms with Crippen molar-refractivity contribution in [2.45, 2.75) is 25.9 Å². The number of ether oxygens (including phenoxy) is 2. The molecule has 0 aliphatic carbocycles. The van der Waals surface area contributed by atoms with E-state index < -0.39 is 0 Å².